The number of methoxy groups -OCH3 is 1. The van der Waals surface area contributed by atoms with Crippen LogP contribution in [0.3, 0.4) is 0 Å². The number of carbonyl (C=O) groups excluding carboxylic acids is 2. The molecule has 31 heavy (non-hydrogen) atoms. The van der Waals surface area contributed by atoms with E-state index < -0.39 is 6.04 Å². The molecule has 0 saturated carbocycles. The fourth-order valence-corrected chi connectivity index (χ4v) is 4.30. The highest BCUT2D eigenvalue weighted by Gasteiger charge is 2.22. The molecule has 0 saturated heterocycles. The lowest BCUT2D eigenvalue weighted by atomic mass is 10.1. The first-order chi connectivity index (χ1) is 15.0. The second kappa shape index (κ2) is 9.33. The molecule has 1 aliphatic rings. The van der Waals surface area contributed by atoms with E-state index in [4.69, 9.17) is 4.74 Å². The van der Waals surface area contributed by atoms with Gasteiger partial charge in [-0.3, -0.25) is 9.59 Å². The van der Waals surface area contributed by atoms with Crippen LogP contribution < -0.4 is 5.32 Å². The van der Waals surface area contributed by atoms with E-state index >= 15 is 0 Å². The van der Waals surface area contributed by atoms with Gasteiger partial charge < -0.3 is 19.9 Å². The summed E-state index contributed by atoms with van der Waals surface area (Å²) in [6.45, 7) is 1.45. The molecule has 2 N–H and O–H groups in total. The van der Waals surface area contributed by atoms with E-state index in [9.17, 15) is 9.59 Å². The molecule has 0 fully saturated rings. The summed E-state index contributed by atoms with van der Waals surface area (Å²) < 4.78 is 6.80. The number of fused-ring (bicyclic) bond motifs is 1. The Morgan fingerprint density at radius 2 is 1.97 bits per heavy atom. The molecule has 1 aliphatic heterocycles. The molecule has 0 aliphatic carbocycles. The first kappa shape index (κ1) is 21.7. The Hall–Kier alpha value is -2.49. The fraction of sp³-hybridized carbons (Fsp3) is 0.227. The second-order valence-corrected chi connectivity index (χ2v) is 8.91. The Bertz CT molecular complexity index is 1170. The largest absolute Gasteiger partial charge is 0.382 e. The molecular weight excluding hydrogens is 528 g/mol. The summed E-state index contributed by atoms with van der Waals surface area (Å²) in [4.78, 5) is 35.1. The Balaban J connectivity index is 1.53. The molecule has 2 aromatic carbocycles. The van der Waals surface area contributed by atoms with Crippen molar-refractivity contribution in [3.63, 3.8) is 0 Å². The smallest absolute Gasteiger partial charge is 0.255 e. The minimum atomic E-state index is -0.459. The molecular formula is C22H20Br2N4O3. The van der Waals surface area contributed by atoms with Crippen molar-refractivity contribution in [2.45, 2.75) is 6.04 Å². The zero-order chi connectivity index (χ0) is 22.0. The summed E-state index contributed by atoms with van der Waals surface area (Å²) in [7, 11) is 1.57. The van der Waals surface area contributed by atoms with Gasteiger partial charge >= 0.3 is 0 Å². The number of ether oxygens (including phenoxy) is 1. The highest BCUT2D eigenvalue weighted by atomic mass is 79.9. The molecule has 1 aromatic heterocycles. The molecule has 0 unspecified atom stereocenters. The van der Waals surface area contributed by atoms with Gasteiger partial charge in [0, 0.05) is 34.7 Å². The van der Waals surface area contributed by atoms with E-state index in [1.807, 2.05) is 30.4 Å². The molecule has 160 valence electrons. The first-order valence-corrected chi connectivity index (χ1v) is 11.2. The van der Waals surface area contributed by atoms with Crippen molar-refractivity contribution < 1.29 is 14.3 Å². The Kier molecular flexibility index (Phi) is 6.54. The van der Waals surface area contributed by atoms with E-state index in [0.717, 1.165) is 15.5 Å². The van der Waals surface area contributed by atoms with Crippen molar-refractivity contribution in [1.29, 1.82) is 0 Å². The number of nitrogens with one attached hydrogen (secondary N) is 2. The van der Waals surface area contributed by atoms with E-state index in [0.29, 0.717) is 34.5 Å². The second-order valence-electron chi connectivity index (χ2n) is 7.14. The first-order valence-electron chi connectivity index (χ1n) is 9.65. The van der Waals surface area contributed by atoms with Crippen molar-refractivity contribution in [2.24, 2.45) is 0 Å². The summed E-state index contributed by atoms with van der Waals surface area (Å²) >= 11 is 6.88. The predicted molar refractivity (Wildman–Crippen MR) is 125 cm³/mol. The molecule has 1 atom stereocenters. The van der Waals surface area contributed by atoms with Crippen molar-refractivity contribution in [2.75, 3.05) is 26.8 Å². The third-order valence-electron chi connectivity index (χ3n) is 5.00. The summed E-state index contributed by atoms with van der Waals surface area (Å²) in [5.74, 6) is 0.247. The number of imidazole rings is 1. The number of nitrogens with zero attached hydrogens (tertiary/aromatic N) is 2. The van der Waals surface area contributed by atoms with E-state index in [1.165, 1.54) is 0 Å². The highest BCUT2D eigenvalue weighted by Crippen LogP contribution is 2.23. The van der Waals surface area contributed by atoms with Crippen molar-refractivity contribution in [3.8, 4) is 0 Å². The Labute approximate surface area is 196 Å². The average molecular weight is 548 g/mol. The SMILES string of the molecule is COC[C@H](NC(=O)c1ccc(C(=O)N2CC=CC2)c(Br)c1)c1nc2cc(Br)ccc2[nH]1. The van der Waals surface area contributed by atoms with Crippen LogP contribution in [-0.2, 0) is 4.74 Å². The molecule has 0 spiro atoms. The summed E-state index contributed by atoms with van der Waals surface area (Å²) in [5, 5.41) is 2.96. The maximum atomic E-state index is 12.9. The monoisotopic (exact) mass is 546 g/mol. The maximum Gasteiger partial charge on any atom is 0.255 e. The quantitative estimate of drug-likeness (QED) is 0.452. The highest BCUT2D eigenvalue weighted by molar-refractivity contribution is 9.10. The van der Waals surface area contributed by atoms with E-state index in [-0.39, 0.29) is 18.4 Å². The third kappa shape index (κ3) is 4.73. The van der Waals surface area contributed by atoms with Gasteiger partial charge in [-0.15, -0.1) is 0 Å². The van der Waals surface area contributed by atoms with Crippen molar-refractivity contribution >= 4 is 54.7 Å². The predicted octanol–water partition coefficient (Wildman–Crippen LogP) is 4.22. The van der Waals surface area contributed by atoms with Crippen LogP contribution in [0.15, 0.2) is 57.5 Å². The minimum Gasteiger partial charge on any atom is -0.382 e. The standard InChI is InChI=1S/C22H20Br2N4O3/c1-31-12-19(20-25-17-7-5-14(23)11-18(17)26-20)27-21(29)13-4-6-15(16(24)10-13)22(30)28-8-2-3-9-28/h2-7,10-11,19H,8-9,12H2,1H3,(H,25,26)(H,27,29)/t19-/m0/s1. The number of hydrogen-bond acceptors (Lipinski definition) is 4. The fourth-order valence-electron chi connectivity index (χ4n) is 3.40. The van der Waals surface area contributed by atoms with Gasteiger partial charge in [-0.1, -0.05) is 28.1 Å². The van der Waals surface area contributed by atoms with Crippen LogP contribution in [0.2, 0.25) is 0 Å². The topological polar surface area (TPSA) is 87.3 Å². The molecule has 0 radical (unpaired) electrons. The third-order valence-corrected chi connectivity index (χ3v) is 6.15. The summed E-state index contributed by atoms with van der Waals surface area (Å²) in [5.41, 5.74) is 2.62. The van der Waals surface area contributed by atoms with Crippen LogP contribution in [-0.4, -0.2) is 53.5 Å². The number of hydrogen-bond donors (Lipinski definition) is 2. The van der Waals surface area contributed by atoms with Crippen molar-refractivity contribution in [1.82, 2.24) is 20.2 Å². The molecule has 2 amide bonds. The lowest BCUT2D eigenvalue weighted by Gasteiger charge is -2.18. The van der Waals surface area contributed by atoms with E-state index in [2.05, 4.69) is 47.1 Å². The normalized spacial score (nSPS) is 14.2. The molecule has 0 bridgehead atoms. The van der Waals surface area contributed by atoms with Crippen molar-refractivity contribution in [3.05, 3.63) is 74.4 Å². The number of amides is 2. The van der Waals surface area contributed by atoms with Crippen LogP contribution >= 0.6 is 31.9 Å². The Morgan fingerprint density at radius 3 is 2.68 bits per heavy atom. The lowest BCUT2D eigenvalue weighted by Crippen LogP contribution is -2.32. The van der Waals surface area contributed by atoms with Gasteiger partial charge in [-0.05, 0) is 52.3 Å². The van der Waals surface area contributed by atoms with Gasteiger partial charge in [0.1, 0.15) is 11.9 Å². The van der Waals surface area contributed by atoms with Crippen LogP contribution in [0, 0.1) is 0 Å². The van der Waals surface area contributed by atoms with Crippen LogP contribution in [0.25, 0.3) is 11.0 Å². The molecule has 9 heteroatoms. The van der Waals surface area contributed by atoms with Gasteiger partial charge in [0.15, 0.2) is 0 Å². The number of rotatable bonds is 6. The number of benzene rings is 2. The number of halogens is 2. The number of aromatic amines is 1. The van der Waals surface area contributed by atoms with Gasteiger partial charge in [-0.25, -0.2) is 4.98 Å². The number of H-pyrrole nitrogens is 1. The van der Waals surface area contributed by atoms with Gasteiger partial charge in [0.05, 0.1) is 23.2 Å². The minimum absolute atomic E-state index is 0.0745. The van der Waals surface area contributed by atoms with Crippen LogP contribution in [0.4, 0.5) is 0 Å². The average Bonchev–Trinajstić information content (AvgIpc) is 3.42. The van der Waals surface area contributed by atoms with Gasteiger partial charge in [0.2, 0.25) is 0 Å². The maximum absolute atomic E-state index is 12.9. The molecule has 3 aromatic rings. The zero-order valence-corrected chi connectivity index (χ0v) is 19.9. The zero-order valence-electron chi connectivity index (χ0n) is 16.7. The van der Waals surface area contributed by atoms with Crippen LogP contribution in [0.5, 0.6) is 0 Å². The molecule has 7 nitrogen and oxygen atoms in total. The molecule has 2 heterocycles. The van der Waals surface area contributed by atoms with Gasteiger partial charge in [0.25, 0.3) is 11.8 Å². The van der Waals surface area contributed by atoms with Crippen LogP contribution in [0.1, 0.15) is 32.6 Å². The molecule has 4 rings (SSSR count). The number of aromatic nitrogens is 2. The summed E-state index contributed by atoms with van der Waals surface area (Å²) in [6.07, 6.45) is 3.92. The summed E-state index contributed by atoms with van der Waals surface area (Å²) in [6, 6.07) is 10.3. The van der Waals surface area contributed by atoms with E-state index in [1.54, 1.807) is 30.2 Å². The number of carbonyl (C=O) groups is 2. The van der Waals surface area contributed by atoms with Gasteiger partial charge in [-0.2, -0.15) is 0 Å². The Morgan fingerprint density at radius 1 is 1.19 bits per heavy atom. The lowest BCUT2D eigenvalue weighted by molar-refractivity contribution is 0.0797.